The van der Waals surface area contributed by atoms with Gasteiger partial charge in [-0.25, -0.2) is 14.1 Å². The number of anilines is 1. The van der Waals surface area contributed by atoms with Crippen LogP contribution in [0.25, 0.3) is 0 Å². The van der Waals surface area contributed by atoms with Gasteiger partial charge in [-0.2, -0.15) is 13.2 Å². The van der Waals surface area contributed by atoms with E-state index in [1.807, 2.05) is 0 Å². The number of halogens is 4. The minimum atomic E-state index is -4.73. The van der Waals surface area contributed by atoms with Crippen molar-refractivity contribution in [3.8, 4) is 0 Å². The molecular weight excluding hydrogens is 514 g/mol. The fraction of sp³-hybridized carbons (Fsp3) is 0.400. The van der Waals surface area contributed by atoms with Crippen LogP contribution in [0, 0.1) is 11.7 Å². The Morgan fingerprint density at radius 2 is 1.89 bits per heavy atom. The monoisotopic (exact) mass is 537 g/mol. The van der Waals surface area contributed by atoms with Crippen LogP contribution in [-0.2, 0) is 26.5 Å². The number of fused-ring (bicyclic) bond motifs is 2. The van der Waals surface area contributed by atoms with Crippen LogP contribution in [0.15, 0.2) is 47.4 Å². The number of thioether (sulfide) groups is 1. The molecule has 1 saturated heterocycles. The summed E-state index contributed by atoms with van der Waals surface area (Å²) in [6.45, 7) is -1.36. The summed E-state index contributed by atoms with van der Waals surface area (Å²) in [5.74, 6) is -2.77. The van der Waals surface area contributed by atoms with Crippen LogP contribution < -0.4 is 5.73 Å². The highest BCUT2D eigenvalue weighted by atomic mass is 32.2. The van der Waals surface area contributed by atoms with Gasteiger partial charge in [0.25, 0.3) is 5.91 Å². The summed E-state index contributed by atoms with van der Waals surface area (Å²) in [6.07, 6.45) is -5.08. The number of carbonyl (C=O) groups is 3. The van der Waals surface area contributed by atoms with Crippen LogP contribution in [0.4, 0.5) is 28.0 Å². The fourth-order valence-corrected chi connectivity index (χ4v) is 6.13. The molecule has 2 aromatic rings. The third-order valence-electron chi connectivity index (χ3n) is 6.84. The lowest BCUT2D eigenvalue weighted by atomic mass is 9.89. The van der Waals surface area contributed by atoms with Crippen molar-refractivity contribution in [3.63, 3.8) is 0 Å². The van der Waals surface area contributed by atoms with Crippen LogP contribution >= 0.6 is 11.8 Å². The average Bonchev–Trinajstić information content (AvgIpc) is 3.63. The lowest BCUT2D eigenvalue weighted by Gasteiger charge is -2.34. The molecular formula is C25H23F4N3O4S. The lowest BCUT2D eigenvalue weighted by molar-refractivity contribution is -0.196. The van der Waals surface area contributed by atoms with Gasteiger partial charge in [-0.05, 0) is 48.6 Å². The molecule has 1 saturated carbocycles. The molecule has 37 heavy (non-hydrogen) atoms. The number of alkyl halides is 3. The molecule has 2 heterocycles. The topological polar surface area (TPSA) is 92.9 Å². The smallest absolute Gasteiger partial charge is 0.418 e. The number of benzene rings is 2. The van der Waals surface area contributed by atoms with E-state index in [9.17, 15) is 31.9 Å². The number of nitrogen functional groups attached to an aromatic ring is 1. The molecule has 1 unspecified atom stereocenters. The number of ether oxygens (including phenoxy) is 1. The molecule has 2 aromatic carbocycles. The van der Waals surface area contributed by atoms with Gasteiger partial charge in [0.2, 0.25) is 11.5 Å². The first-order valence-corrected chi connectivity index (χ1v) is 12.7. The van der Waals surface area contributed by atoms with E-state index >= 15 is 0 Å². The Bertz CT molecular complexity index is 1250. The van der Waals surface area contributed by atoms with Crippen molar-refractivity contribution < 1.29 is 36.7 Å². The maximum absolute atomic E-state index is 14.1. The summed E-state index contributed by atoms with van der Waals surface area (Å²) in [5, 5.41) is 0. The maximum Gasteiger partial charge on any atom is 0.418 e. The molecule has 12 heteroatoms. The molecule has 0 aromatic heterocycles. The number of nitrogens with zero attached hydrogens (tertiary/aromatic N) is 2. The fourth-order valence-electron chi connectivity index (χ4n) is 4.91. The Balaban J connectivity index is 1.44. The molecule has 3 amide bonds. The second-order valence-electron chi connectivity index (χ2n) is 9.41. The van der Waals surface area contributed by atoms with Crippen molar-refractivity contribution in [2.45, 2.75) is 48.5 Å². The molecule has 2 aliphatic heterocycles. The molecule has 3 aliphatic rings. The molecule has 1 spiro atoms. The highest BCUT2D eigenvalue weighted by molar-refractivity contribution is 7.99. The number of carbonyl (C=O) groups excluding carboxylic acids is 3. The quantitative estimate of drug-likeness (QED) is 0.433. The summed E-state index contributed by atoms with van der Waals surface area (Å²) in [6, 6.07) is 7.48. The van der Waals surface area contributed by atoms with Crippen LogP contribution in [0.1, 0.15) is 30.4 Å². The minimum Gasteiger partial charge on any atom is -0.427 e. The Kier molecular flexibility index (Phi) is 6.33. The zero-order valence-corrected chi connectivity index (χ0v) is 20.3. The second-order valence-corrected chi connectivity index (χ2v) is 10.5. The number of amides is 3. The van der Waals surface area contributed by atoms with E-state index in [0.717, 1.165) is 12.1 Å². The summed E-state index contributed by atoms with van der Waals surface area (Å²) < 4.78 is 61.2. The van der Waals surface area contributed by atoms with E-state index < -0.39 is 60.6 Å². The molecule has 2 fully saturated rings. The Hall–Kier alpha value is -3.28. The van der Waals surface area contributed by atoms with Gasteiger partial charge in [0.05, 0.1) is 0 Å². The van der Waals surface area contributed by atoms with Crippen molar-refractivity contribution >= 4 is 35.4 Å². The van der Waals surface area contributed by atoms with Gasteiger partial charge in [-0.3, -0.25) is 9.59 Å². The molecule has 0 bridgehead atoms. The van der Waals surface area contributed by atoms with E-state index in [2.05, 4.69) is 0 Å². The largest absolute Gasteiger partial charge is 0.427 e. The van der Waals surface area contributed by atoms with Crippen molar-refractivity contribution in [2.75, 3.05) is 18.0 Å². The Labute approximate surface area is 213 Å². The number of hydrogen-bond acceptors (Lipinski definition) is 6. The predicted molar refractivity (Wildman–Crippen MR) is 126 cm³/mol. The molecule has 7 nitrogen and oxygen atoms in total. The van der Waals surface area contributed by atoms with Gasteiger partial charge in [-0.15, -0.1) is 11.8 Å². The van der Waals surface area contributed by atoms with E-state index in [1.165, 1.54) is 23.9 Å². The van der Waals surface area contributed by atoms with Gasteiger partial charge < -0.3 is 15.4 Å². The van der Waals surface area contributed by atoms with Gasteiger partial charge in [0.15, 0.2) is 0 Å². The SMILES string of the molecule is Nc1ccc2c(c1)SCCC21OC(=O)N(CC(=O)N(Cc2ccc(F)cc2)[C@@H](C2CC2)C(F)(F)F)C1=O. The highest BCUT2D eigenvalue weighted by Crippen LogP contribution is 2.48. The molecule has 2 atom stereocenters. The standard InChI is InChI=1S/C25H23F4N3O4S/c26-16-5-1-14(2-6-16)12-31(21(15-3-4-15)25(27,28)29)20(33)13-32-22(34)24(36-23(32)35)9-10-37-19-11-17(30)7-8-18(19)24/h1-2,5-8,11,15,21H,3-4,9-10,12-13,30H2/t21-,24?/m0/s1. The summed E-state index contributed by atoms with van der Waals surface area (Å²) >= 11 is 1.44. The average molecular weight is 538 g/mol. The van der Waals surface area contributed by atoms with E-state index in [0.29, 0.717) is 44.5 Å². The number of nitrogens with two attached hydrogens (primary N) is 1. The summed E-state index contributed by atoms with van der Waals surface area (Å²) in [4.78, 5) is 41.6. The van der Waals surface area contributed by atoms with Crippen LogP contribution in [0.5, 0.6) is 0 Å². The number of hydrogen-bond donors (Lipinski definition) is 1. The molecule has 2 N–H and O–H groups in total. The van der Waals surface area contributed by atoms with Gasteiger partial charge >= 0.3 is 12.3 Å². The maximum atomic E-state index is 14.1. The second kappa shape index (κ2) is 9.23. The van der Waals surface area contributed by atoms with Crippen molar-refractivity contribution in [3.05, 3.63) is 59.4 Å². The van der Waals surface area contributed by atoms with E-state index in [-0.39, 0.29) is 12.0 Å². The predicted octanol–water partition coefficient (Wildman–Crippen LogP) is 4.45. The Morgan fingerprint density at radius 3 is 2.54 bits per heavy atom. The molecule has 5 rings (SSSR count). The van der Waals surface area contributed by atoms with E-state index in [1.54, 1.807) is 18.2 Å². The first-order valence-electron chi connectivity index (χ1n) is 11.7. The summed E-state index contributed by atoms with van der Waals surface area (Å²) in [7, 11) is 0. The third-order valence-corrected chi connectivity index (χ3v) is 7.90. The number of imide groups is 1. The minimum absolute atomic E-state index is 0.149. The first-order chi connectivity index (χ1) is 17.5. The molecule has 0 radical (unpaired) electrons. The van der Waals surface area contributed by atoms with E-state index in [4.69, 9.17) is 10.5 Å². The normalized spacial score (nSPS) is 22.1. The van der Waals surface area contributed by atoms with Crippen LogP contribution in [-0.4, -0.2) is 52.2 Å². The highest BCUT2D eigenvalue weighted by Gasteiger charge is 2.58. The molecule has 1 aliphatic carbocycles. The number of rotatable bonds is 6. The third kappa shape index (κ3) is 4.74. The van der Waals surface area contributed by atoms with Crippen LogP contribution in [0.2, 0.25) is 0 Å². The summed E-state index contributed by atoms with van der Waals surface area (Å²) in [5.41, 5.74) is 5.36. The van der Waals surface area contributed by atoms with Crippen LogP contribution in [0.3, 0.4) is 0 Å². The van der Waals surface area contributed by atoms with Crippen molar-refractivity contribution in [1.82, 2.24) is 9.80 Å². The van der Waals surface area contributed by atoms with Gasteiger partial charge in [-0.1, -0.05) is 18.2 Å². The first kappa shape index (κ1) is 25.4. The lowest BCUT2D eigenvalue weighted by Crippen LogP contribution is -2.53. The van der Waals surface area contributed by atoms with Gasteiger partial charge in [0, 0.05) is 34.9 Å². The molecule has 196 valence electrons. The van der Waals surface area contributed by atoms with Crippen molar-refractivity contribution in [1.29, 1.82) is 0 Å². The Morgan fingerprint density at radius 1 is 1.19 bits per heavy atom. The van der Waals surface area contributed by atoms with Crippen molar-refractivity contribution in [2.24, 2.45) is 5.92 Å². The van der Waals surface area contributed by atoms with Gasteiger partial charge in [0.1, 0.15) is 18.4 Å². The zero-order valence-electron chi connectivity index (χ0n) is 19.5. The zero-order chi connectivity index (χ0) is 26.5.